The van der Waals surface area contributed by atoms with Gasteiger partial charge in [-0.25, -0.2) is 4.39 Å². The van der Waals surface area contributed by atoms with E-state index in [1.165, 1.54) is 31.2 Å². The molecule has 3 rings (SSSR count). The predicted octanol–water partition coefficient (Wildman–Crippen LogP) is 2.53. The molecule has 0 radical (unpaired) electrons. The van der Waals surface area contributed by atoms with Gasteiger partial charge in [0.2, 0.25) is 0 Å². The van der Waals surface area contributed by atoms with Crippen LogP contribution in [0.4, 0.5) is 4.39 Å². The van der Waals surface area contributed by atoms with Crippen molar-refractivity contribution >= 4 is 5.96 Å². The van der Waals surface area contributed by atoms with Crippen LogP contribution in [0.5, 0.6) is 0 Å². The van der Waals surface area contributed by atoms with Crippen molar-refractivity contribution in [3.63, 3.8) is 0 Å². The largest absolute Gasteiger partial charge is 0.355 e. The summed E-state index contributed by atoms with van der Waals surface area (Å²) in [5, 5.41) is 3.51. The summed E-state index contributed by atoms with van der Waals surface area (Å²) in [5.41, 5.74) is 1.42. The fraction of sp³-hybridized carbons (Fsp3) is 0.562. The minimum Gasteiger partial charge on any atom is -0.355 e. The van der Waals surface area contributed by atoms with Crippen molar-refractivity contribution in [1.29, 1.82) is 0 Å². The van der Waals surface area contributed by atoms with E-state index in [-0.39, 0.29) is 11.2 Å². The number of likely N-dealkylation sites (tertiary alicyclic amines) is 1. The molecule has 1 aliphatic carbocycles. The van der Waals surface area contributed by atoms with Gasteiger partial charge < -0.3 is 10.2 Å². The third-order valence-corrected chi connectivity index (χ3v) is 4.51. The molecule has 1 N–H and O–H groups in total. The molecule has 1 aromatic rings. The molecule has 1 saturated carbocycles. The van der Waals surface area contributed by atoms with Gasteiger partial charge in [0.05, 0.1) is 0 Å². The average molecular weight is 275 g/mol. The lowest BCUT2D eigenvalue weighted by atomic mass is 9.96. The number of hydrogen-bond acceptors (Lipinski definition) is 1. The molecule has 0 spiro atoms. The molecule has 108 valence electrons. The van der Waals surface area contributed by atoms with Crippen LogP contribution < -0.4 is 5.32 Å². The molecule has 4 heteroatoms. The van der Waals surface area contributed by atoms with Crippen molar-refractivity contribution in [3.05, 3.63) is 35.6 Å². The van der Waals surface area contributed by atoms with E-state index in [4.69, 9.17) is 0 Å². The molecular weight excluding hydrogens is 253 g/mol. The summed E-state index contributed by atoms with van der Waals surface area (Å²) in [6.07, 6.45) is 4.85. The van der Waals surface area contributed by atoms with E-state index in [0.717, 1.165) is 25.6 Å². The third-order valence-electron chi connectivity index (χ3n) is 4.51. The van der Waals surface area contributed by atoms with E-state index in [0.29, 0.717) is 0 Å². The first-order valence-electron chi connectivity index (χ1n) is 7.45. The highest BCUT2D eigenvalue weighted by molar-refractivity contribution is 5.80. The highest BCUT2D eigenvalue weighted by Crippen LogP contribution is 2.47. The van der Waals surface area contributed by atoms with Crippen LogP contribution in [-0.2, 0) is 5.41 Å². The number of guanidine groups is 1. The smallest absolute Gasteiger partial charge is 0.193 e. The number of aliphatic imine (C=N–C) groups is 1. The Kier molecular flexibility index (Phi) is 3.64. The minimum absolute atomic E-state index is 0.162. The van der Waals surface area contributed by atoms with Gasteiger partial charge in [0, 0.05) is 32.1 Å². The average Bonchev–Trinajstić information content (AvgIpc) is 3.06. The number of rotatable bonds is 3. The summed E-state index contributed by atoms with van der Waals surface area (Å²) in [7, 11) is 1.85. The summed E-state index contributed by atoms with van der Waals surface area (Å²) in [6, 6.07) is 6.96. The molecule has 20 heavy (non-hydrogen) atoms. The molecule has 1 heterocycles. The van der Waals surface area contributed by atoms with Crippen LogP contribution in [-0.4, -0.2) is 37.5 Å². The molecule has 3 nitrogen and oxygen atoms in total. The maximum absolute atomic E-state index is 13.0. The third kappa shape index (κ3) is 2.65. The Morgan fingerprint density at radius 1 is 1.25 bits per heavy atom. The Morgan fingerprint density at radius 3 is 2.45 bits per heavy atom. The van der Waals surface area contributed by atoms with E-state index < -0.39 is 0 Å². The topological polar surface area (TPSA) is 27.6 Å². The summed E-state index contributed by atoms with van der Waals surface area (Å²) in [6.45, 7) is 3.09. The number of halogens is 1. The van der Waals surface area contributed by atoms with Gasteiger partial charge in [-0.15, -0.1) is 0 Å². The molecular formula is C16H22FN3. The molecule has 0 aromatic heterocycles. The SMILES string of the molecule is CN=C(NCC1(c2ccc(F)cc2)CC1)N1CCCC1. The quantitative estimate of drug-likeness (QED) is 0.678. The van der Waals surface area contributed by atoms with Gasteiger partial charge in [-0.3, -0.25) is 4.99 Å². The lowest BCUT2D eigenvalue weighted by molar-refractivity contribution is 0.485. The van der Waals surface area contributed by atoms with Gasteiger partial charge in [0.15, 0.2) is 5.96 Å². The first-order chi connectivity index (χ1) is 9.73. The molecule has 1 saturated heterocycles. The summed E-state index contributed by atoms with van der Waals surface area (Å²) in [4.78, 5) is 6.70. The second kappa shape index (κ2) is 5.43. The summed E-state index contributed by atoms with van der Waals surface area (Å²) in [5.74, 6) is 0.848. The first-order valence-corrected chi connectivity index (χ1v) is 7.45. The molecule has 0 atom stereocenters. The molecule has 1 aromatic carbocycles. The van der Waals surface area contributed by atoms with Crippen molar-refractivity contribution in [2.75, 3.05) is 26.7 Å². The molecule has 0 unspecified atom stereocenters. The van der Waals surface area contributed by atoms with Crippen molar-refractivity contribution in [2.45, 2.75) is 31.1 Å². The van der Waals surface area contributed by atoms with Crippen molar-refractivity contribution in [1.82, 2.24) is 10.2 Å². The predicted molar refractivity (Wildman–Crippen MR) is 79.5 cm³/mol. The Balaban J connectivity index is 1.63. The first kappa shape index (κ1) is 13.4. The van der Waals surface area contributed by atoms with Gasteiger partial charge in [-0.1, -0.05) is 12.1 Å². The zero-order valence-corrected chi connectivity index (χ0v) is 12.0. The van der Waals surface area contributed by atoms with E-state index in [2.05, 4.69) is 15.2 Å². The summed E-state index contributed by atoms with van der Waals surface area (Å²) < 4.78 is 13.0. The molecule has 2 fully saturated rings. The zero-order valence-electron chi connectivity index (χ0n) is 12.0. The van der Waals surface area contributed by atoms with Crippen LogP contribution in [0.2, 0.25) is 0 Å². The van der Waals surface area contributed by atoms with Crippen molar-refractivity contribution in [2.24, 2.45) is 4.99 Å². The fourth-order valence-electron chi connectivity index (χ4n) is 3.03. The molecule has 0 bridgehead atoms. The summed E-state index contributed by atoms with van der Waals surface area (Å²) >= 11 is 0. The van der Waals surface area contributed by atoms with Gasteiger partial charge in [0.1, 0.15) is 5.82 Å². The Bertz CT molecular complexity index is 485. The molecule has 1 aliphatic heterocycles. The highest BCUT2D eigenvalue weighted by atomic mass is 19.1. The van der Waals surface area contributed by atoms with Crippen LogP contribution in [0.15, 0.2) is 29.3 Å². The Hall–Kier alpha value is -1.58. The van der Waals surface area contributed by atoms with Crippen LogP contribution in [0.1, 0.15) is 31.2 Å². The number of nitrogens with zero attached hydrogens (tertiary/aromatic N) is 2. The van der Waals surface area contributed by atoms with Crippen LogP contribution in [0.3, 0.4) is 0 Å². The fourth-order valence-corrected chi connectivity index (χ4v) is 3.03. The normalized spacial score (nSPS) is 21.1. The van der Waals surface area contributed by atoms with E-state index in [1.54, 1.807) is 12.1 Å². The molecule has 0 amide bonds. The van der Waals surface area contributed by atoms with Crippen LogP contribution >= 0.6 is 0 Å². The van der Waals surface area contributed by atoms with Crippen LogP contribution in [0, 0.1) is 5.82 Å². The second-order valence-electron chi connectivity index (χ2n) is 5.88. The Morgan fingerprint density at radius 2 is 1.90 bits per heavy atom. The lowest BCUT2D eigenvalue weighted by Gasteiger charge is -2.24. The van der Waals surface area contributed by atoms with Crippen LogP contribution in [0.25, 0.3) is 0 Å². The standard InChI is InChI=1S/C16H22FN3/c1-18-15(20-10-2-3-11-20)19-12-16(8-9-16)13-4-6-14(17)7-5-13/h4-7H,2-3,8-12H2,1H3,(H,18,19). The van der Waals surface area contributed by atoms with E-state index >= 15 is 0 Å². The van der Waals surface area contributed by atoms with Crippen molar-refractivity contribution < 1.29 is 4.39 Å². The zero-order chi connectivity index (χ0) is 14.0. The maximum atomic E-state index is 13.0. The monoisotopic (exact) mass is 275 g/mol. The second-order valence-corrected chi connectivity index (χ2v) is 5.88. The number of benzene rings is 1. The van der Waals surface area contributed by atoms with Gasteiger partial charge in [0.25, 0.3) is 0 Å². The van der Waals surface area contributed by atoms with Gasteiger partial charge >= 0.3 is 0 Å². The van der Waals surface area contributed by atoms with Gasteiger partial charge in [-0.2, -0.15) is 0 Å². The minimum atomic E-state index is -0.162. The lowest BCUT2D eigenvalue weighted by Crippen LogP contribution is -2.42. The van der Waals surface area contributed by atoms with Crippen molar-refractivity contribution in [3.8, 4) is 0 Å². The number of nitrogens with one attached hydrogen (secondary N) is 1. The van der Waals surface area contributed by atoms with E-state index in [1.807, 2.05) is 19.2 Å². The Labute approximate surface area is 119 Å². The van der Waals surface area contributed by atoms with Gasteiger partial charge in [-0.05, 0) is 43.4 Å². The van der Waals surface area contributed by atoms with E-state index in [9.17, 15) is 4.39 Å². The molecule has 2 aliphatic rings. The highest BCUT2D eigenvalue weighted by Gasteiger charge is 2.44. The maximum Gasteiger partial charge on any atom is 0.193 e. The number of hydrogen-bond donors (Lipinski definition) is 1.